The molecule has 4 nitrogen and oxygen atoms in total. The van der Waals surface area contributed by atoms with Gasteiger partial charge < -0.3 is 10.1 Å². The minimum Gasteiger partial charge on any atom is -0.366 e. The number of fused-ring (bicyclic) bond motifs is 1. The van der Waals surface area contributed by atoms with Crippen LogP contribution in [-0.4, -0.2) is 15.3 Å². The zero-order valence-corrected chi connectivity index (χ0v) is 10.8. The third-order valence-corrected chi connectivity index (χ3v) is 2.35. The fourth-order valence-electron chi connectivity index (χ4n) is 1.44. The van der Waals surface area contributed by atoms with Gasteiger partial charge in [-0.1, -0.05) is 27.7 Å². The van der Waals surface area contributed by atoms with Crippen molar-refractivity contribution in [2.75, 3.05) is 0 Å². The number of imidazole rings is 1. The molecule has 17 heavy (non-hydrogen) atoms. The topological polar surface area (TPSA) is 60.4 Å². The molecule has 0 saturated heterocycles. The molecule has 0 unspecified atom stereocenters. The third kappa shape index (κ3) is 2.84. The number of carbonyl (C=O) groups excluding carboxylic acids is 1. The van der Waals surface area contributed by atoms with E-state index in [1.165, 1.54) is 0 Å². The number of amides is 1. The second-order valence-corrected chi connectivity index (χ2v) is 3.87. The van der Waals surface area contributed by atoms with E-state index >= 15 is 0 Å². The van der Waals surface area contributed by atoms with E-state index in [1.54, 1.807) is 18.3 Å². The van der Waals surface area contributed by atoms with E-state index in [1.807, 2.05) is 24.4 Å². The highest BCUT2D eigenvalue weighted by atomic mass is 16.1. The molecule has 2 aromatic heterocycles. The molecule has 0 fully saturated rings. The van der Waals surface area contributed by atoms with E-state index in [2.05, 4.69) is 18.8 Å². The van der Waals surface area contributed by atoms with Crippen LogP contribution in [0.1, 0.15) is 49.7 Å². The number of hydrogen-bond acceptors (Lipinski definition) is 2. The third-order valence-electron chi connectivity index (χ3n) is 2.35. The maximum absolute atomic E-state index is 11.0. The zero-order chi connectivity index (χ0) is 13.0. The maximum Gasteiger partial charge on any atom is 0.250 e. The summed E-state index contributed by atoms with van der Waals surface area (Å²) in [6.07, 6.45) is 3.63. The first-order chi connectivity index (χ1) is 8.08. The zero-order valence-electron chi connectivity index (χ0n) is 10.8. The van der Waals surface area contributed by atoms with Gasteiger partial charge >= 0.3 is 0 Å². The van der Waals surface area contributed by atoms with Gasteiger partial charge in [-0.05, 0) is 18.1 Å². The summed E-state index contributed by atoms with van der Waals surface area (Å²) in [6.45, 7) is 8.16. The van der Waals surface area contributed by atoms with Crippen LogP contribution in [0.15, 0.2) is 24.5 Å². The van der Waals surface area contributed by atoms with Crippen molar-refractivity contribution in [3.05, 3.63) is 35.8 Å². The molecule has 0 bridgehead atoms. The van der Waals surface area contributed by atoms with E-state index in [-0.39, 0.29) is 0 Å². The Labute approximate surface area is 101 Å². The molecule has 2 heterocycles. The van der Waals surface area contributed by atoms with Gasteiger partial charge in [0.15, 0.2) is 0 Å². The van der Waals surface area contributed by atoms with Crippen molar-refractivity contribution in [2.45, 2.75) is 33.6 Å². The second-order valence-electron chi connectivity index (χ2n) is 3.87. The lowest BCUT2D eigenvalue weighted by atomic mass is 10.2. The minimum absolute atomic E-state index is 0.377. The number of hydrogen-bond donors (Lipinski definition) is 1. The highest BCUT2D eigenvalue weighted by Gasteiger charge is 2.07. The first-order valence-electron chi connectivity index (χ1n) is 5.86. The van der Waals surface area contributed by atoms with Crippen LogP contribution in [0.2, 0.25) is 0 Å². The first-order valence-corrected chi connectivity index (χ1v) is 5.86. The Morgan fingerprint density at radius 1 is 1.29 bits per heavy atom. The van der Waals surface area contributed by atoms with Gasteiger partial charge in [0.25, 0.3) is 0 Å². The van der Waals surface area contributed by atoms with E-state index in [0.29, 0.717) is 11.5 Å². The molecule has 2 rings (SSSR count). The van der Waals surface area contributed by atoms with Crippen molar-refractivity contribution >= 4 is 11.6 Å². The summed E-state index contributed by atoms with van der Waals surface area (Å²) in [5.41, 5.74) is 7.54. The predicted molar refractivity (Wildman–Crippen MR) is 69.1 cm³/mol. The second kappa shape index (κ2) is 5.48. The first kappa shape index (κ1) is 13.2. The molecule has 0 aliphatic rings. The highest BCUT2D eigenvalue weighted by molar-refractivity contribution is 5.92. The molecule has 1 amide bonds. The number of aromatic nitrogens is 2. The highest BCUT2D eigenvalue weighted by Crippen LogP contribution is 2.14. The van der Waals surface area contributed by atoms with Gasteiger partial charge in [0.2, 0.25) is 5.91 Å². The normalized spacial score (nSPS) is 10.2. The van der Waals surface area contributed by atoms with Crippen LogP contribution in [0.25, 0.3) is 5.65 Å². The van der Waals surface area contributed by atoms with E-state index in [0.717, 1.165) is 11.3 Å². The van der Waals surface area contributed by atoms with Crippen LogP contribution >= 0.6 is 0 Å². The van der Waals surface area contributed by atoms with Gasteiger partial charge in [-0.25, -0.2) is 4.98 Å². The molecule has 0 saturated carbocycles. The van der Waals surface area contributed by atoms with Gasteiger partial charge in [0, 0.05) is 12.4 Å². The number of nitrogens with zero attached hydrogens (tertiary/aromatic N) is 2. The minimum atomic E-state index is -0.420. The van der Waals surface area contributed by atoms with E-state index in [4.69, 9.17) is 5.73 Å². The number of pyridine rings is 1. The average molecular weight is 233 g/mol. The van der Waals surface area contributed by atoms with Gasteiger partial charge in [-0.15, -0.1) is 0 Å². The average Bonchev–Trinajstić information content (AvgIpc) is 2.74. The van der Waals surface area contributed by atoms with Crippen LogP contribution in [0.5, 0.6) is 0 Å². The molecule has 92 valence electrons. The summed E-state index contributed by atoms with van der Waals surface area (Å²) >= 11 is 0. The van der Waals surface area contributed by atoms with E-state index in [9.17, 15) is 4.79 Å². The lowest BCUT2D eigenvalue weighted by molar-refractivity contribution is 0.1000. The number of primary amides is 1. The molecular formula is C13H19N3O. The van der Waals surface area contributed by atoms with Gasteiger partial charge in [-0.3, -0.25) is 4.79 Å². The van der Waals surface area contributed by atoms with Gasteiger partial charge in [0.05, 0.1) is 11.3 Å². The van der Waals surface area contributed by atoms with Crippen molar-refractivity contribution < 1.29 is 4.79 Å². The lowest BCUT2D eigenvalue weighted by Gasteiger charge is -1.96. The maximum atomic E-state index is 11.0. The summed E-state index contributed by atoms with van der Waals surface area (Å²) in [4.78, 5) is 15.4. The van der Waals surface area contributed by atoms with E-state index < -0.39 is 5.91 Å². The Kier molecular flexibility index (Phi) is 4.26. The van der Waals surface area contributed by atoms with Crippen LogP contribution in [-0.2, 0) is 0 Å². The lowest BCUT2D eigenvalue weighted by Crippen LogP contribution is -2.11. The molecule has 0 aliphatic carbocycles. The van der Waals surface area contributed by atoms with Crippen molar-refractivity contribution in [2.24, 2.45) is 5.73 Å². The number of carbonyl (C=O) groups is 1. The Balaban J connectivity index is 0.000000686. The Hall–Kier alpha value is -1.84. The summed E-state index contributed by atoms with van der Waals surface area (Å²) in [5.74, 6) is -0.0429. The van der Waals surface area contributed by atoms with Crippen LogP contribution < -0.4 is 5.73 Å². The van der Waals surface area contributed by atoms with Crippen LogP contribution in [0.4, 0.5) is 0 Å². The van der Waals surface area contributed by atoms with Crippen molar-refractivity contribution in [1.82, 2.24) is 9.38 Å². The van der Waals surface area contributed by atoms with Crippen molar-refractivity contribution in [3.8, 4) is 0 Å². The summed E-state index contributed by atoms with van der Waals surface area (Å²) in [5, 5.41) is 0. The molecule has 0 atom stereocenters. The summed E-state index contributed by atoms with van der Waals surface area (Å²) < 4.78 is 1.83. The largest absolute Gasteiger partial charge is 0.366 e. The molecule has 2 aromatic rings. The fraction of sp³-hybridized carbons (Fsp3) is 0.385. The Bertz CT molecular complexity index is 514. The quantitative estimate of drug-likeness (QED) is 0.866. The number of rotatable bonds is 2. The molecule has 4 heteroatoms. The molecule has 2 N–H and O–H groups in total. The molecule has 0 radical (unpaired) electrons. The standard InChI is InChI=1S/C11H13N3O.C2H6/c1-7(2)9-6-14-5-8(11(12)15)3-4-10(14)13-9;1-2/h3-7H,1-2H3,(H2,12,15);1-2H3. The SMILES string of the molecule is CC.CC(C)c1cn2cc(C(N)=O)ccc2n1. The Morgan fingerprint density at radius 2 is 1.94 bits per heavy atom. The fourth-order valence-corrected chi connectivity index (χ4v) is 1.44. The van der Waals surface area contributed by atoms with Crippen LogP contribution in [0, 0.1) is 0 Å². The Morgan fingerprint density at radius 3 is 2.47 bits per heavy atom. The van der Waals surface area contributed by atoms with Gasteiger partial charge in [0.1, 0.15) is 5.65 Å². The van der Waals surface area contributed by atoms with Crippen molar-refractivity contribution in [3.63, 3.8) is 0 Å². The molecule has 0 aromatic carbocycles. The summed E-state index contributed by atoms with van der Waals surface area (Å²) in [7, 11) is 0. The van der Waals surface area contributed by atoms with Crippen LogP contribution in [0.3, 0.4) is 0 Å². The molecular weight excluding hydrogens is 214 g/mol. The predicted octanol–water partition coefficient (Wildman–Crippen LogP) is 2.58. The van der Waals surface area contributed by atoms with Crippen molar-refractivity contribution in [1.29, 1.82) is 0 Å². The molecule has 0 spiro atoms. The number of nitrogens with two attached hydrogens (primary N) is 1. The summed E-state index contributed by atoms with van der Waals surface area (Å²) in [6, 6.07) is 3.49. The smallest absolute Gasteiger partial charge is 0.250 e. The molecule has 0 aliphatic heterocycles. The monoisotopic (exact) mass is 233 g/mol. The van der Waals surface area contributed by atoms with Gasteiger partial charge in [-0.2, -0.15) is 0 Å².